The van der Waals surface area contributed by atoms with Crippen molar-refractivity contribution in [3.8, 4) is 0 Å². The third kappa shape index (κ3) is 3.31. The number of carbonyl (C=O) groups excluding carboxylic acids is 1. The zero-order valence-corrected chi connectivity index (χ0v) is 13.0. The summed E-state index contributed by atoms with van der Waals surface area (Å²) >= 11 is 0. The summed E-state index contributed by atoms with van der Waals surface area (Å²) in [6, 6.07) is 0.535. The van der Waals surface area contributed by atoms with Gasteiger partial charge in [-0.05, 0) is 31.1 Å². The van der Waals surface area contributed by atoms with Crippen LogP contribution in [0.25, 0.3) is 0 Å². The molecule has 3 heteroatoms. The topological polar surface area (TPSA) is 32.3 Å². The number of amides is 1. The summed E-state index contributed by atoms with van der Waals surface area (Å²) < 4.78 is 0. The van der Waals surface area contributed by atoms with Crippen molar-refractivity contribution < 1.29 is 4.79 Å². The van der Waals surface area contributed by atoms with E-state index in [0.717, 1.165) is 6.42 Å². The highest BCUT2D eigenvalue weighted by Gasteiger charge is 2.43. The van der Waals surface area contributed by atoms with Crippen LogP contribution < -0.4 is 5.32 Å². The molecule has 2 atom stereocenters. The lowest BCUT2D eigenvalue weighted by Gasteiger charge is -2.36. The maximum Gasteiger partial charge on any atom is 0.241 e. The second-order valence-corrected chi connectivity index (χ2v) is 7.07. The van der Waals surface area contributed by atoms with Crippen LogP contribution in [0, 0.1) is 11.8 Å². The van der Waals surface area contributed by atoms with Crippen LogP contribution in [0.3, 0.4) is 0 Å². The maximum atomic E-state index is 12.7. The number of hydrogen-bond donors (Lipinski definition) is 1. The number of carbonyl (C=O) groups is 1. The van der Waals surface area contributed by atoms with Crippen molar-refractivity contribution in [1.82, 2.24) is 10.2 Å². The third-order valence-electron chi connectivity index (χ3n) is 4.53. The predicted molar refractivity (Wildman–Crippen MR) is 78.7 cm³/mol. The van der Waals surface area contributed by atoms with Crippen LogP contribution in [0.4, 0.5) is 0 Å². The van der Waals surface area contributed by atoms with Crippen LogP contribution in [0.1, 0.15) is 66.2 Å². The Balaban J connectivity index is 2.10. The van der Waals surface area contributed by atoms with E-state index in [2.05, 4.69) is 37.9 Å². The molecule has 0 radical (unpaired) electrons. The molecule has 1 heterocycles. The summed E-state index contributed by atoms with van der Waals surface area (Å²) in [6.45, 7) is 8.84. The molecule has 0 aromatic rings. The molecule has 1 aliphatic heterocycles. The fourth-order valence-electron chi connectivity index (χ4n) is 3.59. The van der Waals surface area contributed by atoms with E-state index in [-0.39, 0.29) is 12.2 Å². The molecule has 2 fully saturated rings. The molecule has 1 saturated carbocycles. The Bertz CT molecular complexity index is 308. The van der Waals surface area contributed by atoms with E-state index in [0.29, 0.717) is 23.8 Å². The molecule has 1 aliphatic carbocycles. The fourth-order valence-corrected chi connectivity index (χ4v) is 3.59. The SMILES string of the molecule is CC(C)CC1NC(C(C)C)N(C2CCCCC2)C1=O. The lowest BCUT2D eigenvalue weighted by molar-refractivity contribution is -0.133. The van der Waals surface area contributed by atoms with Gasteiger partial charge in [0.2, 0.25) is 5.91 Å². The molecular weight excluding hydrogens is 236 g/mol. The van der Waals surface area contributed by atoms with E-state index in [4.69, 9.17) is 0 Å². The van der Waals surface area contributed by atoms with Gasteiger partial charge in [-0.25, -0.2) is 0 Å². The van der Waals surface area contributed by atoms with Gasteiger partial charge in [-0.3, -0.25) is 10.1 Å². The van der Waals surface area contributed by atoms with Crippen molar-refractivity contribution >= 4 is 5.91 Å². The van der Waals surface area contributed by atoms with Gasteiger partial charge in [0.15, 0.2) is 0 Å². The second kappa shape index (κ2) is 6.25. The summed E-state index contributed by atoms with van der Waals surface area (Å²) in [6.07, 6.45) is 7.52. The second-order valence-electron chi connectivity index (χ2n) is 7.07. The van der Waals surface area contributed by atoms with Crippen LogP contribution in [-0.4, -0.2) is 29.1 Å². The Kier molecular flexibility index (Phi) is 4.88. The van der Waals surface area contributed by atoms with Gasteiger partial charge in [0.25, 0.3) is 0 Å². The number of nitrogens with zero attached hydrogens (tertiary/aromatic N) is 1. The van der Waals surface area contributed by atoms with Crippen molar-refractivity contribution in [1.29, 1.82) is 0 Å². The summed E-state index contributed by atoms with van der Waals surface area (Å²) in [4.78, 5) is 14.9. The largest absolute Gasteiger partial charge is 0.323 e. The van der Waals surface area contributed by atoms with Gasteiger partial charge >= 0.3 is 0 Å². The Morgan fingerprint density at radius 3 is 2.32 bits per heavy atom. The summed E-state index contributed by atoms with van der Waals surface area (Å²) in [5.74, 6) is 1.42. The van der Waals surface area contributed by atoms with Crippen molar-refractivity contribution in [2.24, 2.45) is 11.8 Å². The van der Waals surface area contributed by atoms with Crippen LogP contribution >= 0.6 is 0 Å². The Hall–Kier alpha value is -0.570. The Morgan fingerprint density at radius 2 is 1.79 bits per heavy atom. The molecule has 2 aliphatic rings. The number of nitrogens with one attached hydrogen (secondary N) is 1. The molecule has 1 amide bonds. The molecular formula is C16H30N2O. The average molecular weight is 266 g/mol. The first kappa shape index (κ1) is 14.8. The fraction of sp³-hybridized carbons (Fsp3) is 0.938. The van der Waals surface area contributed by atoms with Crippen LogP contribution in [0.5, 0.6) is 0 Å². The minimum absolute atomic E-state index is 0.0503. The van der Waals surface area contributed by atoms with Gasteiger partial charge in [0.1, 0.15) is 0 Å². The van der Waals surface area contributed by atoms with Gasteiger partial charge < -0.3 is 4.90 Å². The summed E-state index contributed by atoms with van der Waals surface area (Å²) in [7, 11) is 0. The molecule has 0 bridgehead atoms. The van der Waals surface area contributed by atoms with Gasteiger partial charge in [-0.1, -0.05) is 47.0 Å². The number of rotatable bonds is 4. The summed E-state index contributed by atoms with van der Waals surface area (Å²) in [5.41, 5.74) is 0. The number of hydrogen-bond acceptors (Lipinski definition) is 2. The molecule has 0 spiro atoms. The monoisotopic (exact) mass is 266 g/mol. The van der Waals surface area contributed by atoms with E-state index in [1.807, 2.05) is 0 Å². The highest BCUT2D eigenvalue weighted by molar-refractivity contribution is 5.84. The summed E-state index contributed by atoms with van der Waals surface area (Å²) in [5, 5.41) is 3.60. The molecule has 110 valence electrons. The zero-order valence-electron chi connectivity index (χ0n) is 13.0. The molecule has 0 aromatic carbocycles. The minimum atomic E-state index is 0.0503. The van der Waals surface area contributed by atoms with E-state index < -0.39 is 0 Å². The van der Waals surface area contributed by atoms with Crippen molar-refractivity contribution in [2.45, 2.75) is 84.5 Å². The lowest BCUT2D eigenvalue weighted by atomic mass is 9.93. The molecule has 2 unspecified atom stereocenters. The molecule has 1 N–H and O–H groups in total. The van der Waals surface area contributed by atoms with Crippen LogP contribution in [0.2, 0.25) is 0 Å². The van der Waals surface area contributed by atoms with Gasteiger partial charge in [0, 0.05) is 6.04 Å². The third-order valence-corrected chi connectivity index (χ3v) is 4.53. The first-order chi connectivity index (χ1) is 9.00. The van der Waals surface area contributed by atoms with Gasteiger partial charge in [-0.2, -0.15) is 0 Å². The first-order valence-electron chi connectivity index (χ1n) is 8.09. The normalized spacial score (nSPS) is 29.8. The van der Waals surface area contributed by atoms with E-state index >= 15 is 0 Å². The van der Waals surface area contributed by atoms with Crippen molar-refractivity contribution in [2.75, 3.05) is 0 Å². The van der Waals surface area contributed by atoms with E-state index in [1.165, 1.54) is 32.1 Å². The zero-order chi connectivity index (χ0) is 14.0. The quantitative estimate of drug-likeness (QED) is 0.848. The van der Waals surface area contributed by atoms with Gasteiger partial charge in [0.05, 0.1) is 12.2 Å². The van der Waals surface area contributed by atoms with Crippen LogP contribution in [-0.2, 0) is 4.79 Å². The molecule has 3 nitrogen and oxygen atoms in total. The van der Waals surface area contributed by atoms with Crippen molar-refractivity contribution in [3.63, 3.8) is 0 Å². The van der Waals surface area contributed by atoms with Crippen LogP contribution in [0.15, 0.2) is 0 Å². The highest BCUT2D eigenvalue weighted by atomic mass is 16.2. The van der Waals surface area contributed by atoms with Gasteiger partial charge in [-0.15, -0.1) is 0 Å². The highest BCUT2D eigenvalue weighted by Crippen LogP contribution is 2.30. The standard InChI is InChI=1S/C16H30N2O/c1-11(2)10-14-16(19)18(15(17-14)12(3)4)13-8-6-5-7-9-13/h11-15,17H,5-10H2,1-4H3. The smallest absolute Gasteiger partial charge is 0.241 e. The first-order valence-corrected chi connectivity index (χ1v) is 8.09. The van der Waals surface area contributed by atoms with E-state index in [1.54, 1.807) is 0 Å². The molecule has 1 saturated heterocycles. The minimum Gasteiger partial charge on any atom is -0.323 e. The predicted octanol–water partition coefficient (Wildman–Crippen LogP) is 3.15. The molecule has 19 heavy (non-hydrogen) atoms. The maximum absolute atomic E-state index is 12.7. The average Bonchev–Trinajstić information content (AvgIpc) is 2.67. The van der Waals surface area contributed by atoms with E-state index in [9.17, 15) is 4.79 Å². The Morgan fingerprint density at radius 1 is 1.16 bits per heavy atom. The lowest BCUT2D eigenvalue weighted by Crippen LogP contribution is -2.48. The Labute approximate surface area is 118 Å². The molecule has 0 aromatic heterocycles. The molecule has 2 rings (SSSR count). The van der Waals surface area contributed by atoms with Crippen molar-refractivity contribution in [3.05, 3.63) is 0 Å².